The van der Waals surface area contributed by atoms with E-state index in [1.807, 2.05) is 6.92 Å². The van der Waals surface area contributed by atoms with Crippen molar-refractivity contribution < 1.29 is 9.53 Å². The Labute approximate surface area is 112 Å². The topological polar surface area (TPSA) is 93.4 Å². The third-order valence-electron chi connectivity index (χ3n) is 3.14. The van der Waals surface area contributed by atoms with E-state index in [1.54, 1.807) is 4.90 Å². The molecule has 1 aliphatic rings. The van der Waals surface area contributed by atoms with Crippen LogP contribution in [0.4, 0.5) is 5.82 Å². The van der Waals surface area contributed by atoms with Crippen molar-refractivity contribution in [2.45, 2.75) is 25.9 Å². The van der Waals surface area contributed by atoms with Gasteiger partial charge in [-0.05, 0) is 19.8 Å². The first-order valence-electron chi connectivity index (χ1n) is 6.44. The minimum atomic E-state index is -0.130. The van der Waals surface area contributed by atoms with Gasteiger partial charge in [-0.3, -0.25) is 4.79 Å². The summed E-state index contributed by atoms with van der Waals surface area (Å²) in [6.45, 7) is 3.95. The van der Waals surface area contributed by atoms with Crippen LogP contribution in [0, 0.1) is 0 Å². The smallest absolute Gasteiger partial charge is 0.274 e. The summed E-state index contributed by atoms with van der Waals surface area (Å²) in [5.41, 5.74) is 2.69. The number of nitrogens with two attached hydrogens (primary N) is 1. The molecule has 19 heavy (non-hydrogen) atoms. The molecule has 2 heterocycles. The van der Waals surface area contributed by atoms with Crippen molar-refractivity contribution in [1.29, 1.82) is 0 Å². The number of ether oxygens (including phenoxy) is 1. The van der Waals surface area contributed by atoms with Gasteiger partial charge in [-0.25, -0.2) is 15.8 Å². The second-order valence-corrected chi connectivity index (χ2v) is 4.41. The average Bonchev–Trinajstić information content (AvgIpc) is 2.97. The van der Waals surface area contributed by atoms with E-state index in [4.69, 9.17) is 10.6 Å². The van der Waals surface area contributed by atoms with Crippen LogP contribution in [-0.2, 0) is 4.74 Å². The summed E-state index contributed by atoms with van der Waals surface area (Å²) < 4.78 is 5.55. The van der Waals surface area contributed by atoms with Gasteiger partial charge in [0.25, 0.3) is 5.91 Å². The number of anilines is 1. The van der Waals surface area contributed by atoms with Crippen LogP contribution in [-0.4, -0.2) is 46.6 Å². The van der Waals surface area contributed by atoms with Crippen LogP contribution in [0.3, 0.4) is 0 Å². The van der Waals surface area contributed by atoms with E-state index in [1.165, 1.54) is 12.4 Å². The molecule has 1 saturated heterocycles. The van der Waals surface area contributed by atoms with Crippen LogP contribution in [0.15, 0.2) is 12.4 Å². The molecule has 2 rings (SSSR count). The summed E-state index contributed by atoms with van der Waals surface area (Å²) in [7, 11) is 0. The molecule has 1 aliphatic heterocycles. The molecule has 3 N–H and O–H groups in total. The van der Waals surface area contributed by atoms with Crippen LogP contribution in [0.25, 0.3) is 0 Å². The maximum absolute atomic E-state index is 12.3. The maximum atomic E-state index is 12.3. The van der Waals surface area contributed by atoms with E-state index >= 15 is 0 Å². The van der Waals surface area contributed by atoms with E-state index in [0.29, 0.717) is 24.6 Å². The van der Waals surface area contributed by atoms with Crippen LogP contribution < -0.4 is 11.3 Å². The van der Waals surface area contributed by atoms with Gasteiger partial charge < -0.3 is 15.1 Å². The fourth-order valence-corrected chi connectivity index (χ4v) is 2.06. The fraction of sp³-hybridized carbons (Fsp3) is 0.583. The number of hydrazine groups is 1. The van der Waals surface area contributed by atoms with Gasteiger partial charge in [0.05, 0.1) is 18.5 Å². The molecule has 1 unspecified atom stereocenters. The zero-order valence-electron chi connectivity index (χ0n) is 11.0. The Hall–Kier alpha value is -1.73. The SMILES string of the molecule is CCN(CC1CCCO1)C(=O)c1cnc(NN)cn1. The Balaban J connectivity index is 2.01. The first-order valence-corrected chi connectivity index (χ1v) is 6.44. The summed E-state index contributed by atoms with van der Waals surface area (Å²) in [5, 5.41) is 0. The standard InChI is InChI=1S/C12H19N5O2/c1-2-17(8-9-4-3-5-19-9)12(18)10-6-15-11(16-13)7-14-10/h6-7,9H,2-5,8,13H2,1H3,(H,15,16). The molecule has 0 radical (unpaired) electrons. The molecule has 7 nitrogen and oxygen atoms in total. The molecule has 1 amide bonds. The Morgan fingerprint density at radius 1 is 1.58 bits per heavy atom. The number of carbonyl (C=O) groups excluding carboxylic acids is 1. The molecular formula is C12H19N5O2. The number of aromatic nitrogens is 2. The van der Waals surface area contributed by atoms with E-state index in [0.717, 1.165) is 19.4 Å². The van der Waals surface area contributed by atoms with Crippen molar-refractivity contribution in [3.05, 3.63) is 18.1 Å². The molecule has 0 spiro atoms. The highest BCUT2D eigenvalue weighted by Crippen LogP contribution is 2.14. The molecule has 1 aromatic heterocycles. The number of hydrogen-bond acceptors (Lipinski definition) is 6. The Bertz CT molecular complexity index is 417. The van der Waals surface area contributed by atoms with Crippen molar-refractivity contribution >= 4 is 11.7 Å². The summed E-state index contributed by atoms with van der Waals surface area (Å²) in [6.07, 6.45) is 5.07. The number of nitrogens with one attached hydrogen (secondary N) is 1. The zero-order valence-corrected chi connectivity index (χ0v) is 11.0. The van der Waals surface area contributed by atoms with Gasteiger partial charge in [-0.1, -0.05) is 0 Å². The molecule has 0 bridgehead atoms. The maximum Gasteiger partial charge on any atom is 0.274 e. The molecule has 1 atom stereocenters. The predicted octanol–water partition coefficient (Wildman–Crippen LogP) is 0.403. The molecule has 104 valence electrons. The minimum Gasteiger partial charge on any atom is -0.376 e. The number of likely N-dealkylation sites (N-methyl/N-ethyl adjacent to an activating group) is 1. The summed E-state index contributed by atoms with van der Waals surface area (Å²) in [5.74, 6) is 5.51. The van der Waals surface area contributed by atoms with Crippen molar-refractivity contribution in [2.75, 3.05) is 25.1 Å². The first kappa shape index (κ1) is 13.7. The Morgan fingerprint density at radius 3 is 2.95 bits per heavy atom. The van der Waals surface area contributed by atoms with E-state index in [9.17, 15) is 4.79 Å². The summed E-state index contributed by atoms with van der Waals surface area (Å²) >= 11 is 0. The third kappa shape index (κ3) is 3.39. The van der Waals surface area contributed by atoms with Crippen molar-refractivity contribution in [1.82, 2.24) is 14.9 Å². The lowest BCUT2D eigenvalue weighted by Crippen LogP contribution is -2.37. The van der Waals surface area contributed by atoms with Crippen molar-refractivity contribution in [3.8, 4) is 0 Å². The van der Waals surface area contributed by atoms with Gasteiger partial charge in [-0.15, -0.1) is 0 Å². The van der Waals surface area contributed by atoms with Crippen molar-refractivity contribution in [2.24, 2.45) is 5.84 Å². The zero-order chi connectivity index (χ0) is 13.7. The first-order chi connectivity index (χ1) is 9.24. The molecule has 0 aliphatic carbocycles. The normalized spacial score (nSPS) is 18.3. The molecule has 1 aromatic rings. The van der Waals surface area contributed by atoms with Gasteiger partial charge >= 0.3 is 0 Å². The molecule has 0 aromatic carbocycles. The van der Waals surface area contributed by atoms with Crippen molar-refractivity contribution in [3.63, 3.8) is 0 Å². The Morgan fingerprint density at radius 2 is 2.42 bits per heavy atom. The number of amides is 1. The quantitative estimate of drug-likeness (QED) is 0.591. The minimum absolute atomic E-state index is 0.130. The molecule has 7 heteroatoms. The lowest BCUT2D eigenvalue weighted by Gasteiger charge is -2.23. The third-order valence-corrected chi connectivity index (χ3v) is 3.14. The summed E-state index contributed by atoms with van der Waals surface area (Å²) in [4.78, 5) is 22.1. The van der Waals surface area contributed by atoms with Crippen LogP contribution in [0.5, 0.6) is 0 Å². The summed E-state index contributed by atoms with van der Waals surface area (Å²) in [6, 6.07) is 0. The lowest BCUT2D eigenvalue weighted by molar-refractivity contribution is 0.0534. The molecule has 1 fully saturated rings. The number of carbonyl (C=O) groups is 1. The van der Waals surface area contributed by atoms with Gasteiger partial charge in [0.2, 0.25) is 0 Å². The van der Waals surface area contributed by atoms with Crippen LogP contribution in [0.2, 0.25) is 0 Å². The van der Waals surface area contributed by atoms with Gasteiger partial charge in [0.1, 0.15) is 5.69 Å². The number of rotatable bonds is 5. The van der Waals surface area contributed by atoms with E-state index in [2.05, 4.69) is 15.4 Å². The van der Waals surface area contributed by atoms with Gasteiger partial charge in [0, 0.05) is 19.7 Å². The Kier molecular flexibility index (Phi) is 4.64. The fourth-order valence-electron chi connectivity index (χ4n) is 2.06. The number of hydrogen-bond donors (Lipinski definition) is 2. The largest absolute Gasteiger partial charge is 0.376 e. The highest BCUT2D eigenvalue weighted by Gasteiger charge is 2.23. The van der Waals surface area contributed by atoms with Gasteiger partial charge in [-0.2, -0.15) is 0 Å². The highest BCUT2D eigenvalue weighted by molar-refractivity contribution is 5.92. The second kappa shape index (κ2) is 6.44. The monoisotopic (exact) mass is 265 g/mol. The van der Waals surface area contributed by atoms with Gasteiger partial charge in [0.15, 0.2) is 5.82 Å². The van der Waals surface area contributed by atoms with E-state index in [-0.39, 0.29) is 12.0 Å². The van der Waals surface area contributed by atoms with E-state index < -0.39 is 0 Å². The second-order valence-electron chi connectivity index (χ2n) is 4.41. The predicted molar refractivity (Wildman–Crippen MR) is 70.4 cm³/mol. The molecule has 0 saturated carbocycles. The van der Waals surface area contributed by atoms with Crippen LogP contribution in [0.1, 0.15) is 30.3 Å². The lowest BCUT2D eigenvalue weighted by atomic mass is 10.2. The van der Waals surface area contributed by atoms with Crippen LogP contribution >= 0.6 is 0 Å². The highest BCUT2D eigenvalue weighted by atomic mass is 16.5. The number of nitrogens with zero attached hydrogens (tertiary/aromatic N) is 3. The molecular weight excluding hydrogens is 246 g/mol. The average molecular weight is 265 g/mol. The number of nitrogen functional groups attached to an aromatic ring is 1.